The number of hydrogen-bond acceptors (Lipinski definition) is 0. The first kappa shape index (κ1) is 5.14. The van der Waals surface area contributed by atoms with Gasteiger partial charge in [-0.05, 0) is 24.7 Å². The van der Waals surface area contributed by atoms with Crippen LogP contribution in [0, 0.1) is 11.8 Å². The third kappa shape index (κ3) is 0.793. The highest BCUT2D eigenvalue weighted by atomic mass is 14.3. The van der Waals surface area contributed by atoms with Gasteiger partial charge in [0, 0.05) is 0 Å². The molecule has 0 N–H and O–H groups in total. The number of hydrogen-bond donors (Lipinski definition) is 0. The standard InChI is InChI=1S/C7H13/c1-3-7(2)5-4-6-7/h4H,3,5-6H2,1-2H3. The molecule has 0 spiro atoms. The molecule has 0 aromatic heterocycles. The van der Waals surface area contributed by atoms with Crippen molar-refractivity contribution in [2.45, 2.75) is 33.1 Å². The van der Waals surface area contributed by atoms with Gasteiger partial charge in [-0.25, -0.2) is 0 Å². The quantitative estimate of drug-likeness (QED) is 0.471. The van der Waals surface area contributed by atoms with Crippen LogP contribution in [0.3, 0.4) is 0 Å². The smallest absolute Gasteiger partial charge is 0.0323 e. The molecule has 0 amide bonds. The van der Waals surface area contributed by atoms with Crippen LogP contribution in [0.1, 0.15) is 33.1 Å². The minimum atomic E-state index is 0.708. The molecule has 0 aliphatic heterocycles. The Morgan fingerprint density at radius 1 is 1.57 bits per heavy atom. The zero-order chi connectivity index (χ0) is 5.33. The van der Waals surface area contributed by atoms with E-state index in [1.807, 2.05) is 0 Å². The first-order valence-corrected chi connectivity index (χ1v) is 3.08. The highest BCUT2D eigenvalue weighted by molar-refractivity contribution is 4.94. The largest absolute Gasteiger partial charge is 0.0649 e. The van der Waals surface area contributed by atoms with E-state index in [1.165, 1.54) is 19.3 Å². The van der Waals surface area contributed by atoms with E-state index in [0.29, 0.717) is 5.41 Å². The van der Waals surface area contributed by atoms with E-state index in [2.05, 4.69) is 20.3 Å². The molecular formula is C7H13. The van der Waals surface area contributed by atoms with Crippen molar-refractivity contribution in [1.29, 1.82) is 0 Å². The van der Waals surface area contributed by atoms with Crippen molar-refractivity contribution in [1.82, 2.24) is 0 Å². The molecular weight excluding hydrogens is 84.1 g/mol. The Hall–Kier alpha value is 0. The summed E-state index contributed by atoms with van der Waals surface area (Å²) < 4.78 is 0. The highest BCUT2D eigenvalue weighted by Crippen LogP contribution is 2.41. The Morgan fingerprint density at radius 2 is 2.14 bits per heavy atom. The van der Waals surface area contributed by atoms with E-state index in [-0.39, 0.29) is 0 Å². The van der Waals surface area contributed by atoms with Crippen molar-refractivity contribution in [2.75, 3.05) is 0 Å². The second-order valence-corrected chi connectivity index (χ2v) is 2.86. The lowest BCUT2D eigenvalue weighted by Gasteiger charge is -2.36. The van der Waals surface area contributed by atoms with Gasteiger partial charge in [0.2, 0.25) is 0 Å². The molecule has 0 saturated heterocycles. The molecule has 1 radical (unpaired) electrons. The van der Waals surface area contributed by atoms with Gasteiger partial charge in [-0.15, -0.1) is 0 Å². The highest BCUT2D eigenvalue weighted by Gasteiger charge is 2.29. The minimum Gasteiger partial charge on any atom is -0.0649 e. The normalized spacial score (nSPS) is 26.6. The molecule has 0 nitrogen and oxygen atoms in total. The lowest BCUT2D eigenvalue weighted by atomic mass is 9.69. The van der Waals surface area contributed by atoms with Crippen LogP contribution in [0.15, 0.2) is 0 Å². The minimum absolute atomic E-state index is 0.708. The maximum Gasteiger partial charge on any atom is -0.0323 e. The van der Waals surface area contributed by atoms with Crippen LogP contribution < -0.4 is 0 Å². The molecule has 1 aliphatic rings. The van der Waals surface area contributed by atoms with Crippen molar-refractivity contribution in [3.8, 4) is 0 Å². The van der Waals surface area contributed by atoms with Crippen molar-refractivity contribution in [3.63, 3.8) is 0 Å². The molecule has 1 fully saturated rings. The molecule has 1 rings (SSSR count). The summed E-state index contributed by atoms with van der Waals surface area (Å²) in [5.41, 5.74) is 0.708. The summed E-state index contributed by atoms with van der Waals surface area (Å²) >= 11 is 0. The fourth-order valence-electron chi connectivity index (χ4n) is 0.926. The Morgan fingerprint density at radius 3 is 2.14 bits per heavy atom. The molecule has 1 aliphatic carbocycles. The van der Waals surface area contributed by atoms with Gasteiger partial charge in [-0.3, -0.25) is 0 Å². The van der Waals surface area contributed by atoms with E-state index in [9.17, 15) is 0 Å². The second kappa shape index (κ2) is 1.50. The van der Waals surface area contributed by atoms with Crippen molar-refractivity contribution < 1.29 is 0 Å². The first-order chi connectivity index (χ1) is 3.27. The molecule has 1 saturated carbocycles. The first-order valence-electron chi connectivity index (χ1n) is 3.08. The lowest BCUT2D eigenvalue weighted by Crippen LogP contribution is -2.24. The molecule has 0 atom stereocenters. The monoisotopic (exact) mass is 97.1 g/mol. The fraction of sp³-hybridized carbons (Fsp3) is 0.857. The van der Waals surface area contributed by atoms with Crippen molar-refractivity contribution in [2.24, 2.45) is 5.41 Å². The molecule has 7 heavy (non-hydrogen) atoms. The van der Waals surface area contributed by atoms with Gasteiger partial charge in [0.1, 0.15) is 0 Å². The average molecular weight is 97.2 g/mol. The SMILES string of the molecule is CCC1(C)C[CH]C1. The van der Waals surface area contributed by atoms with Crippen molar-refractivity contribution >= 4 is 0 Å². The zero-order valence-electron chi connectivity index (χ0n) is 5.20. The van der Waals surface area contributed by atoms with E-state index in [4.69, 9.17) is 0 Å². The Kier molecular flexibility index (Phi) is 1.10. The topological polar surface area (TPSA) is 0 Å². The summed E-state index contributed by atoms with van der Waals surface area (Å²) in [6, 6.07) is 0. The summed E-state index contributed by atoms with van der Waals surface area (Å²) in [6.07, 6.45) is 6.42. The van der Waals surface area contributed by atoms with Crippen molar-refractivity contribution in [3.05, 3.63) is 6.42 Å². The Balaban J connectivity index is 2.29. The summed E-state index contributed by atoms with van der Waals surface area (Å²) in [5.74, 6) is 0. The van der Waals surface area contributed by atoms with E-state index < -0.39 is 0 Å². The molecule has 0 heterocycles. The van der Waals surface area contributed by atoms with Gasteiger partial charge in [0.25, 0.3) is 0 Å². The zero-order valence-corrected chi connectivity index (χ0v) is 5.20. The van der Waals surface area contributed by atoms with Crippen LogP contribution in [-0.4, -0.2) is 0 Å². The average Bonchev–Trinajstić information content (AvgIpc) is 1.61. The maximum absolute atomic E-state index is 2.36. The fourth-order valence-corrected chi connectivity index (χ4v) is 0.926. The summed E-state index contributed by atoms with van der Waals surface area (Å²) in [5, 5.41) is 0. The number of rotatable bonds is 1. The van der Waals surface area contributed by atoms with Gasteiger partial charge in [-0.2, -0.15) is 0 Å². The lowest BCUT2D eigenvalue weighted by molar-refractivity contribution is 0.221. The predicted octanol–water partition coefficient (Wildman–Crippen LogP) is 2.40. The van der Waals surface area contributed by atoms with Crippen LogP contribution in [0.4, 0.5) is 0 Å². The third-order valence-electron chi connectivity index (χ3n) is 2.13. The van der Waals surface area contributed by atoms with Crippen LogP contribution >= 0.6 is 0 Å². The van der Waals surface area contributed by atoms with Crippen LogP contribution in [0.5, 0.6) is 0 Å². The summed E-state index contributed by atoms with van der Waals surface area (Å²) in [6.45, 7) is 4.62. The van der Waals surface area contributed by atoms with Crippen LogP contribution in [-0.2, 0) is 0 Å². The van der Waals surface area contributed by atoms with Crippen LogP contribution in [0.2, 0.25) is 0 Å². The van der Waals surface area contributed by atoms with E-state index in [0.717, 1.165) is 0 Å². The van der Waals surface area contributed by atoms with Gasteiger partial charge in [-0.1, -0.05) is 20.3 Å². The molecule has 0 unspecified atom stereocenters. The van der Waals surface area contributed by atoms with Crippen LogP contribution in [0.25, 0.3) is 0 Å². The summed E-state index contributed by atoms with van der Waals surface area (Å²) in [4.78, 5) is 0. The molecule has 0 bridgehead atoms. The van der Waals surface area contributed by atoms with E-state index >= 15 is 0 Å². The van der Waals surface area contributed by atoms with Gasteiger partial charge >= 0.3 is 0 Å². The molecule has 0 heteroatoms. The molecule has 41 valence electrons. The summed E-state index contributed by atoms with van der Waals surface area (Å²) in [7, 11) is 0. The van der Waals surface area contributed by atoms with E-state index in [1.54, 1.807) is 0 Å². The maximum atomic E-state index is 2.36. The van der Waals surface area contributed by atoms with Gasteiger partial charge in [0.05, 0.1) is 0 Å². The van der Waals surface area contributed by atoms with Gasteiger partial charge in [0.15, 0.2) is 0 Å². The predicted molar refractivity (Wildman–Crippen MR) is 31.9 cm³/mol. The third-order valence-corrected chi connectivity index (χ3v) is 2.13. The van der Waals surface area contributed by atoms with Gasteiger partial charge < -0.3 is 0 Å². The molecule has 0 aromatic rings. The molecule has 0 aromatic carbocycles. The Bertz CT molecular complexity index is 54.9. The Labute approximate surface area is 45.9 Å². The second-order valence-electron chi connectivity index (χ2n) is 2.86.